The summed E-state index contributed by atoms with van der Waals surface area (Å²) in [7, 11) is 2.06. The second-order valence-electron chi connectivity index (χ2n) is 6.82. The van der Waals surface area contributed by atoms with Crippen molar-refractivity contribution in [1.29, 1.82) is 0 Å². The summed E-state index contributed by atoms with van der Waals surface area (Å²) in [6.45, 7) is 8.42. The topological polar surface area (TPSA) is 47.9 Å². The van der Waals surface area contributed by atoms with Crippen molar-refractivity contribution >= 4 is 23.2 Å². The summed E-state index contributed by atoms with van der Waals surface area (Å²) >= 11 is 1.79. The SMILES string of the molecule is CCNC(=NCCC(=O)N1CCCC(C)C1)N(C)CCc1cccs1. The van der Waals surface area contributed by atoms with Gasteiger partial charge in [-0.1, -0.05) is 13.0 Å². The largest absolute Gasteiger partial charge is 0.357 e. The smallest absolute Gasteiger partial charge is 0.224 e. The van der Waals surface area contributed by atoms with Gasteiger partial charge in [0.05, 0.1) is 6.54 Å². The molecule has 1 atom stereocenters. The van der Waals surface area contributed by atoms with Crippen molar-refractivity contribution in [2.45, 2.75) is 39.5 Å². The number of hydrogen-bond acceptors (Lipinski definition) is 3. The molecule has 0 spiro atoms. The molecule has 0 saturated carbocycles. The molecule has 1 amide bonds. The van der Waals surface area contributed by atoms with Crippen LogP contribution in [-0.4, -0.2) is 61.4 Å². The van der Waals surface area contributed by atoms with E-state index in [9.17, 15) is 4.79 Å². The van der Waals surface area contributed by atoms with Crippen molar-refractivity contribution in [2.24, 2.45) is 10.9 Å². The maximum absolute atomic E-state index is 12.4. The Morgan fingerprint density at radius 3 is 3.04 bits per heavy atom. The first-order chi connectivity index (χ1) is 12.1. The number of carbonyl (C=O) groups is 1. The predicted octanol–water partition coefficient (Wildman–Crippen LogP) is 2.84. The van der Waals surface area contributed by atoms with Crippen molar-refractivity contribution in [3.63, 3.8) is 0 Å². The van der Waals surface area contributed by atoms with Gasteiger partial charge in [0.25, 0.3) is 0 Å². The van der Waals surface area contributed by atoms with Gasteiger partial charge in [-0.2, -0.15) is 0 Å². The van der Waals surface area contributed by atoms with Crippen molar-refractivity contribution in [2.75, 3.05) is 39.8 Å². The van der Waals surface area contributed by atoms with Crippen LogP contribution < -0.4 is 5.32 Å². The van der Waals surface area contributed by atoms with Crippen LogP contribution in [0.2, 0.25) is 0 Å². The van der Waals surface area contributed by atoms with Gasteiger partial charge in [0, 0.05) is 44.5 Å². The molecule has 6 heteroatoms. The van der Waals surface area contributed by atoms with E-state index in [1.54, 1.807) is 11.3 Å². The van der Waals surface area contributed by atoms with Crippen molar-refractivity contribution < 1.29 is 4.79 Å². The number of carbonyl (C=O) groups excluding carboxylic acids is 1. The normalized spacial score (nSPS) is 18.3. The minimum absolute atomic E-state index is 0.243. The van der Waals surface area contributed by atoms with Crippen LogP contribution in [0, 0.1) is 5.92 Å². The number of hydrogen-bond donors (Lipinski definition) is 1. The summed E-state index contributed by atoms with van der Waals surface area (Å²) in [5, 5.41) is 5.44. The molecule has 25 heavy (non-hydrogen) atoms. The van der Waals surface area contributed by atoms with Gasteiger partial charge in [-0.05, 0) is 43.6 Å². The molecule has 2 heterocycles. The highest BCUT2D eigenvalue weighted by Crippen LogP contribution is 2.16. The predicted molar refractivity (Wildman–Crippen MR) is 106 cm³/mol. The Balaban J connectivity index is 1.80. The molecule has 0 bridgehead atoms. The number of rotatable bonds is 7. The third-order valence-electron chi connectivity index (χ3n) is 4.57. The van der Waals surface area contributed by atoms with Gasteiger partial charge in [0.2, 0.25) is 5.91 Å². The molecule has 0 aliphatic carbocycles. The second kappa shape index (κ2) is 10.4. The Bertz CT molecular complexity index is 544. The Labute approximate surface area is 156 Å². The van der Waals surface area contributed by atoms with E-state index in [0.29, 0.717) is 18.9 Å². The molecule has 2 rings (SSSR count). The van der Waals surface area contributed by atoms with E-state index in [-0.39, 0.29) is 5.91 Å². The van der Waals surface area contributed by atoms with Gasteiger partial charge in [-0.15, -0.1) is 11.3 Å². The van der Waals surface area contributed by atoms with Crippen LogP contribution in [0.4, 0.5) is 0 Å². The van der Waals surface area contributed by atoms with E-state index in [1.165, 1.54) is 11.3 Å². The van der Waals surface area contributed by atoms with E-state index in [4.69, 9.17) is 0 Å². The average Bonchev–Trinajstić information content (AvgIpc) is 3.12. The molecule has 140 valence electrons. The van der Waals surface area contributed by atoms with Gasteiger partial charge in [0.1, 0.15) is 0 Å². The minimum atomic E-state index is 0.243. The van der Waals surface area contributed by atoms with Crippen molar-refractivity contribution in [3.8, 4) is 0 Å². The molecule has 1 aromatic heterocycles. The third-order valence-corrected chi connectivity index (χ3v) is 5.50. The molecule has 1 fully saturated rings. The molecule has 1 N–H and O–H groups in total. The molecule has 1 aliphatic rings. The number of nitrogens with zero attached hydrogens (tertiary/aromatic N) is 3. The van der Waals surface area contributed by atoms with E-state index >= 15 is 0 Å². The van der Waals surface area contributed by atoms with Gasteiger partial charge in [0.15, 0.2) is 5.96 Å². The molecular weight excluding hydrogens is 332 g/mol. The van der Waals surface area contributed by atoms with Crippen LogP contribution in [0.5, 0.6) is 0 Å². The van der Waals surface area contributed by atoms with Gasteiger partial charge in [-0.3, -0.25) is 9.79 Å². The van der Waals surface area contributed by atoms with Crippen LogP contribution >= 0.6 is 11.3 Å². The second-order valence-corrected chi connectivity index (χ2v) is 7.86. The number of nitrogens with one attached hydrogen (secondary N) is 1. The molecule has 0 radical (unpaired) electrons. The number of likely N-dealkylation sites (tertiary alicyclic amines) is 1. The first kappa shape index (κ1) is 19.8. The first-order valence-corrected chi connectivity index (χ1v) is 10.3. The fourth-order valence-corrected chi connectivity index (χ4v) is 3.84. The van der Waals surface area contributed by atoms with Gasteiger partial charge >= 0.3 is 0 Å². The number of piperidine rings is 1. The minimum Gasteiger partial charge on any atom is -0.357 e. The molecule has 5 nitrogen and oxygen atoms in total. The molecule has 0 aromatic carbocycles. The summed E-state index contributed by atoms with van der Waals surface area (Å²) in [4.78, 5) is 22.6. The molecule has 1 unspecified atom stereocenters. The fraction of sp³-hybridized carbons (Fsp3) is 0.684. The van der Waals surface area contributed by atoms with E-state index < -0.39 is 0 Å². The van der Waals surface area contributed by atoms with Crippen molar-refractivity contribution in [3.05, 3.63) is 22.4 Å². The van der Waals surface area contributed by atoms with Crippen LogP contribution in [-0.2, 0) is 11.2 Å². The lowest BCUT2D eigenvalue weighted by molar-refractivity contribution is -0.132. The lowest BCUT2D eigenvalue weighted by Crippen LogP contribution is -2.41. The lowest BCUT2D eigenvalue weighted by atomic mass is 10.00. The summed E-state index contributed by atoms with van der Waals surface area (Å²) in [6, 6.07) is 4.26. The van der Waals surface area contributed by atoms with E-state index in [2.05, 4.69) is 53.6 Å². The highest BCUT2D eigenvalue weighted by molar-refractivity contribution is 7.09. The quantitative estimate of drug-likeness (QED) is 0.598. The summed E-state index contributed by atoms with van der Waals surface area (Å²) in [6.07, 6.45) is 3.88. The Hall–Kier alpha value is -1.56. The van der Waals surface area contributed by atoms with Crippen LogP contribution in [0.25, 0.3) is 0 Å². The number of amides is 1. The van der Waals surface area contributed by atoms with E-state index in [0.717, 1.165) is 45.0 Å². The number of guanidine groups is 1. The zero-order valence-electron chi connectivity index (χ0n) is 15.8. The number of aliphatic imine (C=N–C) groups is 1. The highest BCUT2D eigenvalue weighted by atomic mass is 32.1. The molecule has 1 saturated heterocycles. The highest BCUT2D eigenvalue weighted by Gasteiger charge is 2.20. The van der Waals surface area contributed by atoms with Gasteiger partial charge < -0.3 is 15.1 Å². The summed E-state index contributed by atoms with van der Waals surface area (Å²) < 4.78 is 0. The van der Waals surface area contributed by atoms with Gasteiger partial charge in [-0.25, -0.2) is 0 Å². The van der Waals surface area contributed by atoms with Crippen molar-refractivity contribution in [1.82, 2.24) is 15.1 Å². The Morgan fingerprint density at radius 2 is 2.36 bits per heavy atom. The lowest BCUT2D eigenvalue weighted by Gasteiger charge is -2.31. The monoisotopic (exact) mass is 364 g/mol. The molecular formula is C19H32N4OS. The summed E-state index contributed by atoms with van der Waals surface area (Å²) in [5.41, 5.74) is 0. The van der Waals surface area contributed by atoms with Crippen LogP contribution in [0.1, 0.15) is 38.0 Å². The third kappa shape index (κ3) is 6.69. The Kier molecular flexibility index (Phi) is 8.25. The standard InChI is InChI=1S/C19H32N4OS/c1-4-20-19(22(3)13-10-17-8-6-14-25-17)21-11-9-18(24)23-12-5-7-16(2)15-23/h6,8,14,16H,4-5,7,9-13,15H2,1-3H3,(H,20,21). The summed E-state index contributed by atoms with van der Waals surface area (Å²) in [5.74, 6) is 1.76. The fourth-order valence-electron chi connectivity index (χ4n) is 3.14. The molecule has 1 aliphatic heterocycles. The van der Waals surface area contributed by atoms with E-state index in [1.807, 2.05) is 4.90 Å². The number of thiophene rings is 1. The zero-order valence-corrected chi connectivity index (χ0v) is 16.6. The maximum Gasteiger partial charge on any atom is 0.224 e. The zero-order chi connectivity index (χ0) is 18.1. The maximum atomic E-state index is 12.4. The van der Waals surface area contributed by atoms with Crippen LogP contribution in [0.15, 0.2) is 22.5 Å². The molecule has 1 aromatic rings. The average molecular weight is 365 g/mol. The first-order valence-electron chi connectivity index (χ1n) is 9.39. The Morgan fingerprint density at radius 1 is 1.52 bits per heavy atom. The number of likely N-dealkylation sites (N-methyl/N-ethyl adjacent to an activating group) is 1. The van der Waals surface area contributed by atoms with Crippen LogP contribution in [0.3, 0.4) is 0 Å².